The molecule has 1 saturated carbocycles. The molecule has 2 aromatic rings. The van der Waals surface area contributed by atoms with Crippen molar-refractivity contribution in [2.75, 3.05) is 13.2 Å². The standard InChI is InChI=1S/C19H24N4O2/c1-13-6-8-15(9-7-13)23-14(2)16(20-21-23)12-19(24)22-10-11-25-18-5-3-4-17(18)22/h6-9,17-18H,3-5,10-12H2,1-2H3/t17-,18+/m0/s1. The molecule has 1 aliphatic carbocycles. The summed E-state index contributed by atoms with van der Waals surface area (Å²) in [5.41, 5.74) is 3.85. The number of ether oxygens (including phenoxy) is 1. The molecule has 2 atom stereocenters. The number of fused-ring (bicyclic) bond motifs is 1. The number of carbonyl (C=O) groups excluding carboxylic acids is 1. The number of aryl methyl sites for hydroxylation is 1. The molecule has 2 fully saturated rings. The molecule has 1 aliphatic heterocycles. The van der Waals surface area contributed by atoms with E-state index in [0.717, 1.165) is 36.3 Å². The minimum Gasteiger partial charge on any atom is -0.374 e. The Morgan fingerprint density at radius 1 is 1.24 bits per heavy atom. The summed E-state index contributed by atoms with van der Waals surface area (Å²) in [4.78, 5) is 14.9. The smallest absolute Gasteiger partial charge is 0.229 e. The Morgan fingerprint density at radius 3 is 2.84 bits per heavy atom. The molecule has 132 valence electrons. The zero-order valence-corrected chi connectivity index (χ0v) is 14.8. The van der Waals surface area contributed by atoms with Gasteiger partial charge in [0.1, 0.15) is 0 Å². The van der Waals surface area contributed by atoms with E-state index in [-0.39, 0.29) is 18.1 Å². The molecule has 0 N–H and O–H groups in total. The molecule has 1 amide bonds. The molecule has 1 aromatic heterocycles. The van der Waals surface area contributed by atoms with Gasteiger partial charge in [-0.15, -0.1) is 5.10 Å². The third-order valence-corrected chi connectivity index (χ3v) is 5.39. The van der Waals surface area contributed by atoms with Crippen LogP contribution in [0.4, 0.5) is 0 Å². The van der Waals surface area contributed by atoms with Crippen LogP contribution in [-0.2, 0) is 16.0 Å². The van der Waals surface area contributed by atoms with Gasteiger partial charge in [-0.3, -0.25) is 4.79 Å². The van der Waals surface area contributed by atoms with Gasteiger partial charge < -0.3 is 9.64 Å². The topological polar surface area (TPSA) is 60.2 Å². The van der Waals surface area contributed by atoms with Crippen molar-refractivity contribution in [3.63, 3.8) is 0 Å². The Bertz CT molecular complexity index is 768. The van der Waals surface area contributed by atoms with Crippen molar-refractivity contribution in [3.8, 4) is 5.69 Å². The largest absolute Gasteiger partial charge is 0.374 e. The van der Waals surface area contributed by atoms with Crippen LogP contribution in [0.3, 0.4) is 0 Å². The van der Waals surface area contributed by atoms with Crippen LogP contribution in [0.1, 0.15) is 36.2 Å². The summed E-state index contributed by atoms with van der Waals surface area (Å²) in [6.07, 6.45) is 3.78. The third-order valence-electron chi connectivity index (χ3n) is 5.39. The van der Waals surface area contributed by atoms with Crippen LogP contribution in [0, 0.1) is 13.8 Å². The normalized spacial score (nSPS) is 22.9. The number of nitrogens with zero attached hydrogens (tertiary/aromatic N) is 4. The zero-order chi connectivity index (χ0) is 17.4. The van der Waals surface area contributed by atoms with E-state index in [4.69, 9.17) is 4.74 Å². The summed E-state index contributed by atoms with van der Waals surface area (Å²) in [6.45, 7) is 5.36. The van der Waals surface area contributed by atoms with Gasteiger partial charge in [0.05, 0.1) is 42.2 Å². The van der Waals surface area contributed by atoms with Crippen molar-refractivity contribution in [1.29, 1.82) is 0 Å². The lowest BCUT2D eigenvalue weighted by atomic mass is 10.1. The minimum absolute atomic E-state index is 0.138. The second-order valence-corrected chi connectivity index (χ2v) is 7.04. The van der Waals surface area contributed by atoms with Crippen LogP contribution < -0.4 is 0 Å². The van der Waals surface area contributed by atoms with Crippen LogP contribution in [0.15, 0.2) is 24.3 Å². The van der Waals surface area contributed by atoms with E-state index < -0.39 is 0 Å². The van der Waals surface area contributed by atoms with Crippen LogP contribution in [0.25, 0.3) is 5.69 Å². The van der Waals surface area contributed by atoms with E-state index in [2.05, 4.69) is 29.4 Å². The molecule has 4 rings (SSSR count). The van der Waals surface area contributed by atoms with Crippen molar-refractivity contribution in [3.05, 3.63) is 41.2 Å². The summed E-state index contributed by atoms with van der Waals surface area (Å²) in [7, 11) is 0. The first-order valence-electron chi connectivity index (χ1n) is 9.03. The van der Waals surface area contributed by atoms with E-state index >= 15 is 0 Å². The fourth-order valence-electron chi connectivity index (χ4n) is 3.94. The summed E-state index contributed by atoms with van der Waals surface area (Å²) in [5, 5.41) is 8.52. The first kappa shape index (κ1) is 16.3. The predicted octanol–water partition coefficient (Wildman–Crippen LogP) is 2.21. The molecule has 6 heteroatoms. The molecule has 2 aliphatic rings. The van der Waals surface area contributed by atoms with Crippen LogP contribution in [0.2, 0.25) is 0 Å². The van der Waals surface area contributed by atoms with Gasteiger partial charge in [-0.25, -0.2) is 4.68 Å². The highest BCUT2D eigenvalue weighted by Gasteiger charge is 2.38. The minimum atomic E-state index is 0.138. The number of carbonyl (C=O) groups is 1. The van der Waals surface area contributed by atoms with Gasteiger partial charge in [0.2, 0.25) is 5.91 Å². The Labute approximate surface area is 147 Å². The summed E-state index contributed by atoms with van der Waals surface area (Å²) >= 11 is 0. The van der Waals surface area contributed by atoms with E-state index in [1.54, 1.807) is 4.68 Å². The first-order chi connectivity index (χ1) is 12.1. The number of morpholine rings is 1. The molecular formula is C19H24N4O2. The molecule has 0 spiro atoms. The Kier molecular flexibility index (Phi) is 4.29. The molecule has 25 heavy (non-hydrogen) atoms. The highest BCUT2D eigenvalue weighted by Crippen LogP contribution is 2.30. The lowest BCUT2D eigenvalue weighted by Crippen LogP contribution is -2.51. The van der Waals surface area contributed by atoms with Gasteiger partial charge in [0, 0.05) is 6.54 Å². The van der Waals surface area contributed by atoms with Gasteiger partial charge in [-0.2, -0.15) is 0 Å². The number of rotatable bonds is 3. The number of hydrogen-bond acceptors (Lipinski definition) is 4. The summed E-state index contributed by atoms with van der Waals surface area (Å²) < 4.78 is 7.61. The highest BCUT2D eigenvalue weighted by molar-refractivity contribution is 5.79. The molecule has 0 radical (unpaired) electrons. The second kappa shape index (κ2) is 6.59. The van der Waals surface area contributed by atoms with Crippen molar-refractivity contribution in [1.82, 2.24) is 19.9 Å². The predicted molar refractivity (Wildman–Crippen MR) is 93.6 cm³/mol. The lowest BCUT2D eigenvalue weighted by Gasteiger charge is -2.37. The average molecular weight is 340 g/mol. The number of benzene rings is 1. The van der Waals surface area contributed by atoms with Crippen LogP contribution >= 0.6 is 0 Å². The fourth-order valence-corrected chi connectivity index (χ4v) is 3.94. The average Bonchev–Trinajstić information content (AvgIpc) is 3.23. The van der Waals surface area contributed by atoms with E-state index in [0.29, 0.717) is 19.6 Å². The molecule has 1 saturated heterocycles. The van der Waals surface area contributed by atoms with Crippen LogP contribution in [-0.4, -0.2) is 51.1 Å². The maximum atomic E-state index is 12.8. The molecule has 0 bridgehead atoms. The lowest BCUT2D eigenvalue weighted by molar-refractivity contribution is -0.143. The second-order valence-electron chi connectivity index (χ2n) is 7.04. The van der Waals surface area contributed by atoms with E-state index in [1.165, 1.54) is 5.56 Å². The van der Waals surface area contributed by atoms with Crippen molar-refractivity contribution >= 4 is 5.91 Å². The summed E-state index contributed by atoms with van der Waals surface area (Å²) in [6, 6.07) is 8.39. The van der Waals surface area contributed by atoms with E-state index in [1.807, 2.05) is 24.0 Å². The van der Waals surface area contributed by atoms with Gasteiger partial charge >= 0.3 is 0 Å². The number of amides is 1. The van der Waals surface area contributed by atoms with E-state index in [9.17, 15) is 4.79 Å². The Balaban J connectivity index is 1.51. The van der Waals surface area contributed by atoms with Crippen molar-refractivity contribution in [2.45, 2.75) is 51.7 Å². The van der Waals surface area contributed by atoms with Gasteiger partial charge in [0.15, 0.2) is 0 Å². The Hall–Kier alpha value is -2.21. The maximum absolute atomic E-state index is 12.8. The van der Waals surface area contributed by atoms with Gasteiger partial charge in [0.25, 0.3) is 0 Å². The Morgan fingerprint density at radius 2 is 2.04 bits per heavy atom. The molecular weight excluding hydrogens is 316 g/mol. The van der Waals surface area contributed by atoms with Crippen LogP contribution in [0.5, 0.6) is 0 Å². The van der Waals surface area contributed by atoms with Crippen molar-refractivity contribution < 1.29 is 9.53 Å². The van der Waals surface area contributed by atoms with Crippen molar-refractivity contribution in [2.24, 2.45) is 0 Å². The van der Waals surface area contributed by atoms with Gasteiger partial charge in [-0.05, 0) is 45.2 Å². The molecule has 6 nitrogen and oxygen atoms in total. The maximum Gasteiger partial charge on any atom is 0.229 e. The molecule has 0 unspecified atom stereocenters. The highest BCUT2D eigenvalue weighted by atomic mass is 16.5. The van der Waals surface area contributed by atoms with Gasteiger partial charge in [-0.1, -0.05) is 22.9 Å². The first-order valence-corrected chi connectivity index (χ1v) is 9.03. The summed E-state index contributed by atoms with van der Waals surface area (Å²) in [5.74, 6) is 0.138. The number of aromatic nitrogens is 3. The zero-order valence-electron chi connectivity index (χ0n) is 14.8. The quantitative estimate of drug-likeness (QED) is 0.859. The monoisotopic (exact) mass is 340 g/mol. The molecule has 1 aromatic carbocycles. The molecule has 2 heterocycles. The fraction of sp³-hybridized carbons (Fsp3) is 0.526. The number of hydrogen-bond donors (Lipinski definition) is 0. The SMILES string of the molecule is Cc1ccc(-n2nnc(CC(=O)N3CCO[C@@H]4CCC[C@@H]43)c2C)cc1. The third kappa shape index (κ3) is 3.06.